The molecule has 0 fully saturated rings. The second kappa shape index (κ2) is 8.50. The maximum Gasteiger partial charge on any atom is 0.302 e. The number of hydrogen-bond donors (Lipinski definition) is 0. The van der Waals surface area contributed by atoms with Gasteiger partial charge in [0.25, 0.3) is 0 Å². The Morgan fingerprint density at radius 2 is 1.89 bits per heavy atom. The van der Waals surface area contributed by atoms with Crippen LogP contribution in [0.3, 0.4) is 0 Å². The van der Waals surface area contributed by atoms with Crippen LogP contribution in [0.1, 0.15) is 27.2 Å². The first-order valence-corrected chi connectivity index (χ1v) is 7.34. The molecule has 0 aliphatic rings. The van der Waals surface area contributed by atoms with Gasteiger partial charge in [-0.05, 0) is 12.3 Å². The second-order valence-corrected chi connectivity index (χ2v) is 5.35. The van der Waals surface area contributed by atoms with E-state index in [0.29, 0.717) is 13.2 Å². The molecule has 0 heterocycles. The first-order chi connectivity index (χ1) is 8.35. The Hall–Kier alpha value is -0.590. The van der Waals surface area contributed by atoms with E-state index in [-0.39, 0.29) is 23.3 Å². The molecule has 0 N–H and O–H groups in total. The second-order valence-electron chi connectivity index (χ2n) is 4.47. The van der Waals surface area contributed by atoms with Crippen LogP contribution in [-0.4, -0.2) is 29.6 Å². The zero-order valence-corrected chi connectivity index (χ0v) is 13.4. The summed E-state index contributed by atoms with van der Waals surface area (Å²) in [5.74, 6) is -0.327. The van der Waals surface area contributed by atoms with Gasteiger partial charge in [0.2, 0.25) is 0 Å². The van der Waals surface area contributed by atoms with Crippen molar-refractivity contribution in [2.24, 2.45) is 11.3 Å². The molecule has 0 rings (SSSR count). The Balaban J connectivity index is 4.48. The predicted octanol–water partition coefficient (Wildman–Crippen LogP) is 2.75. The molecule has 0 spiro atoms. The van der Waals surface area contributed by atoms with Gasteiger partial charge < -0.3 is 9.47 Å². The normalized spacial score (nSPS) is 15.3. The maximum atomic E-state index is 10.9. The number of esters is 2. The van der Waals surface area contributed by atoms with E-state index in [4.69, 9.17) is 9.47 Å². The Kier molecular flexibility index (Phi) is 8.22. The maximum absolute atomic E-state index is 10.9. The van der Waals surface area contributed by atoms with E-state index < -0.39 is 0 Å². The fraction of sp³-hybridized carbons (Fsp3) is 0.692. The lowest BCUT2D eigenvalue weighted by Gasteiger charge is -2.33. The van der Waals surface area contributed by atoms with Crippen molar-refractivity contribution >= 4 is 34.5 Å². The van der Waals surface area contributed by atoms with Gasteiger partial charge in [0.1, 0.15) is 6.61 Å². The van der Waals surface area contributed by atoms with Crippen LogP contribution in [0.2, 0.25) is 0 Å². The zero-order chi connectivity index (χ0) is 14.2. The summed E-state index contributed by atoms with van der Waals surface area (Å²) in [4.78, 5) is 21.6. The number of carbonyl (C=O) groups excluding carboxylic acids is 2. The van der Waals surface area contributed by atoms with Crippen molar-refractivity contribution in [1.82, 2.24) is 0 Å². The van der Waals surface area contributed by atoms with Crippen LogP contribution in [0.4, 0.5) is 0 Å². The summed E-state index contributed by atoms with van der Waals surface area (Å²) in [6, 6.07) is 0. The Morgan fingerprint density at radius 3 is 2.28 bits per heavy atom. The molecular formula is C13H21IO4. The number of carbonyl (C=O) groups is 2. The summed E-state index contributed by atoms with van der Waals surface area (Å²) in [5.41, 5.74) is -0.299. The van der Waals surface area contributed by atoms with Crippen LogP contribution in [0.25, 0.3) is 0 Å². The van der Waals surface area contributed by atoms with E-state index in [1.54, 1.807) is 0 Å². The topological polar surface area (TPSA) is 52.6 Å². The molecule has 18 heavy (non-hydrogen) atoms. The lowest BCUT2D eigenvalue weighted by molar-refractivity contribution is -0.144. The Labute approximate surface area is 122 Å². The van der Waals surface area contributed by atoms with Crippen molar-refractivity contribution in [2.45, 2.75) is 27.2 Å². The fourth-order valence-electron chi connectivity index (χ4n) is 1.53. The molecule has 0 radical (unpaired) electrons. The van der Waals surface area contributed by atoms with Crippen LogP contribution in [0.5, 0.6) is 0 Å². The summed E-state index contributed by atoms with van der Waals surface area (Å²) >= 11 is 2.28. The molecule has 0 aliphatic heterocycles. The minimum Gasteiger partial charge on any atom is -0.466 e. The van der Waals surface area contributed by atoms with Gasteiger partial charge in [-0.2, -0.15) is 0 Å². The molecule has 0 saturated carbocycles. The molecule has 0 amide bonds. The molecule has 0 aliphatic carbocycles. The number of ether oxygens (including phenoxy) is 2. The molecule has 2 atom stereocenters. The van der Waals surface area contributed by atoms with Crippen molar-refractivity contribution in [3.05, 3.63) is 12.7 Å². The summed E-state index contributed by atoms with van der Waals surface area (Å²) in [7, 11) is 0. The van der Waals surface area contributed by atoms with Crippen molar-refractivity contribution < 1.29 is 19.1 Å². The lowest BCUT2D eigenvalue weighted by atomic mass is 9.77. The highest BCUT2D eigenvalue weighted by molar-refractivity contribution is 14.1. The van der Waals surface area contributed by atoms with Crippen LogP contribution in [-0.2, 0) is 19.1 Å². The van der Waals surface area contributed by atoms with Crippen LogP contribution in [0, 0.1) is 11.3 Å². The first-order valence-electron chi connectivity index (χ1n) is 5.82. The molecule has 0 aromatic carbocycles. The van der Waals surface area contributed by atoms with Gasteiger partial charge in [-0.1, -0.05) is 35.6 Å². The third-order valence-corrected chi connectivity index (χ3v) is 4.01. The third-order valence-electron chi connectivity index (χ3n) is 2.94. The van der Waals surface area contributed by atoms with E-state index in [0.717, 1.165) is 10.8 Å². The SMILES string of the molecule is C=C[C@](C)(COC(C)=O)[C@H](CI)CCOC(C)=O. The summed E-state index contributed by atoms with van der Waals surface area (Å²) < 4.78 is 10.9. The van der Waals surface area contributed by atoms with Crippen molar-refractivity contribution in [1.29, 1.82) is 0 Å². The molecule has 0 aromatic heterocycles. The van der Waals surface area contributed by atoms with Crippen molar-refractivity contribution in [2.75, 3.05) is 17.6 Å². The third kappa shape index (κ3) is 6.37. The molecule has 0 unspecified atom stereocenters. The van der Waals surface area contributed by atoms with Crippen molar-refractivity contribution in [3.63, 3.8) is 0 Å². The fourth-order valence-corrected chi connectivity index (χ4v) is 2.98. The Morgan fingerprint density at radius 1 is 1.33 bits per heavy atom. The quantitative estimate of drug-likeness (QED) is 0.286. The zero-order valence-electron chi connectivity index (χ0n) is 11.2. The van der Waals surface area contributed by atoms with E-state index in [2.05, 4.69) is 29.2 Å². The lowest BCUT2D eigenvalue weighted by Crippen LogP contribution is -2.33. The molecule has 104 valence electrons. The molecule has 0 saturated heterocycles. The average molecular weight is 368 g/mol. The average Bonchev–Trinajstić information content (AvgIpc) is 2.31. The van der Waals surface area contributed by atoms with E-state index in [1.165, 1.54) is 13.8 Å². The van der Waals surface area contributed by atoms with E-state index in [1.807, 2.05) is 13.0 Å². The number of alkyl halides is 1. The highest BCUT2D eigenvalue weighted by Gasteiger charge is 2.31. The van der Waals surface area contributed by atoms with E-state index >= 15 is 0 Å². The van der Waals surface area contributed by atoms with Crippen LogP contribution < -0.4 is 0 Å². The number of hydrogen-bond acceptors (Lipinski definition) is 4. The minimum absolute atomic E-state index is 0.245. The summed E-state index contributed by atoms with van der Waals surface area (Å²) in [6.07, 6.45) is 2.54. The molecule has 0 bridgehead atoms. The van der Waals surface area contributed by atoms with E-state index in [9.17, 15) is 9.59 Å². The van der Waals surface area contributed by atoms with Crippen LogP contribution >= 0.6 is 22.6 Å². The summed E-state index contributed by atoms with van der Waals surface area (Å²) in [5, 5.41) is 0. The molecule has 5 heteroatoms. The van der Waals surface area contributed by atoms with Gasteiger partial charge in [0.15, 0.2) is 0 Å². The molecule has 4 nitrogen and oxygen atoms in total. The first kappa shape index (κ1) is 17.4. The van der Waals surface area contributed by atoms with Gasteiger partial charge in [0.05, 0.1) is 6.61 Å². The van der Waals surface area contributed by atoms with Gasteiger partial charge in [-0.15, -0.1) is 6.58 Å². The van der Waals surface area contributed by atoms with Gasteiger partial charge in [-0.3, -0.25) is 9.59 Å². The molecule has 0 aromatic rings. The minimum atomic E-state index is -0.299. The smallest absolute Gasteiger partial charge is 0.302 e. The van der Waals surface area contributed by atoms with Gasteiger partial charge in [0, 0.05) is 23.7 Å². The standard InChI is InChI=1S/C13H21IO4/c1-5-13(4,9-18-11(3)16)12(8-14)6-7-17-10(2)15/h5,12H,1,6-9H2,2-4H3/t12-,13+/m0/s1. The van der Waals surface area contributed by atoms with Crippen LogP contribution in [0.15, 0.2) is 12.7 Å². The van der Waals surface area contributed by atoms with Crippen molar-refractivity contribution in [3.8, 4) is 0 Å². The Bertz CT molecular complexity index is 303. The van der Waals surface area contributed by atoms with Gasteiger partial charge in [-0.25, -0.2) is 0 Å². The highest BCUT2D eigenvalue weighted by Crippen LogP contribution is 2.33. The highest BCUT2D eigenvalue weighted by atomic mass is 127. The van der Waals surface area contributed by atoms with Gasteiger partial charge >= 0.3 is 11.9 Å². The largest absolute Gasteiger partial charge is 0.466 e. The number of rotatable bonds is 8. The summed E-state index contributed by atoms with van der Waals surface area (Å²) in [6.45, 7) is 9.29. The molecular weight excluding hydrogens is 347 g/mol. The monoisotopic (exact) mass is 368 g/mol. The predicted molar refractivity (Wildman–Crippen MR) is 78.6 cm³/mol. The number of halogens is 1.